The van der Waals surface area contributed by atoms with Gasteiger partial charge in [-0.25, -0.2) is 9.79 Å². The molecule has 0 aromatic carbocycles. The summed E-state index contributed by atoms with van der Waals surface area (Å²) in [4.78, 5) is 24.4. The maximum absolute atomic E-state index is 10.6. The van der Waals surface area contributed by atoms with Gasteiger partial charge in [0.05, 0.1) is 6.42 Å². The highest BCUT2D eigenvalue weighted by molar-refractivity contribution is 7.80. The van der Waals surface area contributed by atoms with Gasteiger partial charge in [-0.05, 0) is 12.2 Å². The van der Waals surface area contributed by atoms with Crippen molar-refractivity contribution in [3.8, 4) is 0 Å². The van der Waals surface area contributed by atoms with Crippen molar-refractivity contribution in [2.24, 2.45) is 4.99 Å². The fourth-order valence-corrected chi connectivity index (χ4v) is 0.853. The third-order valence-corrected chi connectivity index (χ3v) is 1.25. The van der Waals surface area contributed by atoms with Crippen molar-refractivity contribution < 1.29 is 14.7 Å². The number of rotatable bonds is 1. The molecule has 1 rings (SSSR count). The molecule has 0 radical (unpaired) electrons. The Morgan fingerprint density at radius 1 is 1.73 bits per heavy atom. The van der Waals surface area contributed by atoms with Crippen molar-refractivity contribution in [1.29, 1.82) is 0 Å². The molecule has 0 atom stereocenters. The quantitative estimate of drug-likeness (QED) is 0.513. The number of aliphatic imine (C=N–C) groups is 1. The lowest BCUT2D eigenvalue weighted by Crippen LogP contribution is -2.37. The van der Waals surface area contributed by atoms with E-state index in [4.69, 9.17) is 5.11 Å². The lowest BCUT2D eigenvalue weighted by atomic mass is 10.2. The zero-order valence-electron chi connectivity index (χ0n) is 5.33. The van der Waals surface area contributed by atoms with Crippen molar-refractivity contribution in [2.45, 2.75) is 6.42 Å². The molecule has 0 aromatic heterocycles. The van der Waals surface area contributed by atoms with Crippen LogP contribution >= 0.6 is 12.2 Å². The lowest BCUT2D eigenvalue weighted by molar-refractivity contribution is -0.130. The van der Waals surface area contributed by atoms with Crippen LogP contribution in [0.1, 0.15) is 6.42 Å². The number of carboxylic acids is 1. The molecule has 0 aliphatic carbocycles. The third kappa shape index (κ3) is 1.81. The standard InChI is InChI=1S/C5H4N2O3S/c8-3-1-2(4(9)10)6-5(11)7-3/h1H2,(H,9,10)(H,7,8,11). The van der Waals surface area contributed by atoms with Gasteiger partial charge >= 0.3 is 5.97 Å². The van der Waals surface area contributed by atoms with E-state index in [1.54, 1.807) is 0 Å². The summed E-state index contributed by atoms with van der Waals surface area (Å²) in [5.41, 5.74) is -0.209. The molecule has 0 spiro atoms. The van der Waals surface area contributed by atoms with Crippen LogP contribution in [0.5, 0.6) is 0 Å². The number of thiocarbonyl (C=S) groups is 1. The monoisotopic (exact) mass is 172 g/mol. The van der Waals surface area contributed by atoms with E-state index < -0.39 is 11.9 Å². The number of nitrogens with one attached hydrogen (secondary N) is 1. The van der Waals surface area contributed by atoms with Crippen molar-refractivity contribution in [1.82, 2.24) is 5.32 Å². The molecule has 0 fully saturated rings. The summed E-state index contributed by atoms with van der Waals surface area (Å²) in [7, 11) is 0. The average molecular weight is 172 g/mol. The van der Waals surface area contributed by atoms with E-state index in [0.717, 1.165) is 0 Å². The first-order valence-corrected chi connectivity index (χ1v) is 3.15. The molecule has 0 bridgehead atoms. The molecule has 6 heteroatoms. The van der Waals surface area contributed by atoms with Crippen LogP contribution in [0.15, 0.2) is 4.99 Å². The minimum Gasteiger partial charge on any atom is -0.477 e. The summed E-state index contributed by atoms with van der Waals surface area (Å²) in [5.74, 6) is -1.63. The Morgan fingerprint density at radius 2 is 2.36 bits per heavy atom. The second kappa shape index (κ2) is 2.75. The van der Waals surface area contributed by atoms with E-state index in [-0.39, 0.29) is 17.2 Å². The highest BCUT2D eigenvalue weighted by Gasteiger charge is 2.20. The Labute approximate surface area is 67.1 Å². The molecular formula is C5H4N2O3S. The predicted octanol–water partition coefficient (Wildman–Crippen LogP) is -0.683. The summed E-state index contributed by atoms with van der Waals surface area (Å²) in [6, 6.07) is 0. The van der Waals surface area contributed by atoms with Gasteiger partial charge in [-0.1, -0.05) is 0 Å². The zero-order valence-corrected chi connectivity index (χ0v) is 6.14. The molecule has 2 N–H and O–H groups in total. The molecule has 0 saturated heterocycles. The summed E-state index contributed by atoms with van der Waals surface area (Å²) in [5, 5.41) is 10.5. The van der Waals surface area contributed by atoms with Gasteiger partial charge in [0.1, 0.15) is 5.71 Å². The van der Waals surface area contributed by atoms with Crippen LogP contribution in [0.2, 0.25) is 0 Å². The van der Waals surface area contributed by atoms with Gasteiger partial charge in [0.25, 0.3) is 0 Å². The molecule has 11 heavy (non-hydrogen) atoms. The number of hydrogen-bond acceptors (Lipinski definition) is 3. The van der Waals surface area contributed by atoms with E-state index >= 15 is 0 Å². The van der Waals surface area contributed by atoms with Crippen LogP contribution in [-0.2, 0) is 9.59 Å². The van der Waals surface area contributed by atoms with E-state index in [1.807, 2.05) is 0 Å². The van der Waals surface area contributed by atoms with Crippen LogP contribution in [0.3, 0.4) is 0 Å². The Hall–Kier alpha value is -1.30. The highest BCUT2D eigenvalue weighted by atomic mass is 32.1. The first-order chi connectivity index (χ1) is 5.09. The zero-order chi connectivity index (χ0) is 8.43. The Bertz CT molecular complexity index is 271. The van der Waals surface area contributed by atoms with E-state index in [2.05, 4.69) is 22.5 Å². The first-order valence-electron chi connectivity index (χ1n) is 2.74. The van der Waals surface area contributed by atoms with Gasteiger partial charge in [0.15, 0.2) is 5.11 Å². The molecule has 1 aliphatic rings. The van der Waals surface area contributed by atoms with Crippen molar-refractivity contribution in [3.05, 3.63) is 0 Å². The Morgan fingerprint density at radius 3 is 2.82 bits per heavy atom. The first kappa shape index (κ1) is 7.80. The smallest absolute Gasteiger partial charge is 0.350 e. The van der Waals surface area contributed by atoms with Crippen LogP contribution in [-0.4, -0.2) is 27.8 Å². The number of carboxylic acid groups (broad SMARTS) is 1. The summed E-state index contributed by atoms with van der Waals surface area (Å²) >= 11 is 4.50. The van der Waals surface area contributed by atoms with E-state index in [1.165, 1.54) is 0 Å². The summed E-state index contributed by atoms with van der Waals surface area (Å²) in [6.45, 7) is 0. The van der Waals surface area contributed by atoms with Gasteiger partial charge in [-0.2, -0.15) is 0 Å². The normalized spacial score (nSPS) is 17.3. The average Bonchev–Trinajstić information content (AvgIpc) is 1.85. The number of carbonyl (C=O) groups excluding carboxylic acids is 1. The Balaban J connectivity index is 2.89. The third-order valence-electron chi connectivity index (χ3n) is 1.06. The fraction of sp³-hybridized carbons (Fsp3) is 0.200. The number of nitrogens with zero attached hydrogens (tertiary/aromatic N) is 1. The molecule has 0 aromatic rings. The predicted molar refractivity (Wildman–Crippen MR) is 40.4 cm³/mol. The van der Waals surface area contributed by atoms with Crippen LogP contribution in [0.4, 0.5) is 0 Å². The number of amides is 1. The van der Waals surface area contributed by atoms with Gasteiger partial charge in [0.2, 0.25) is 5.91 Å². The molecule has 58 valence electrons. The van der Waals surface area contributed by atoms with E-state index in [9.17, 15) is 9.59 Å². The minimum absolute atomic E-state index is 0.0846. The molecule has 0 saturated carbocycles. The van der Waals surface area contributed by atoms with Crippen molar-refractivity contribution in [2.75, 3.05) is 0 Å². The van der Waals surface area contributed by atoms with Crippen molar-refractivity contribution >= 4 is 34.9 Å². The van der Waals surface area contributed by atoms with Gasteiger partial charge in [-0.15, -0.1) is 0 Å². The van der Waals surface area contributed by atoms with Gasteiger partial charge in [0, 0.05) is 0 Å². The largest absolute Gasteiger partial charge is 0.477 e. The van der Waals surface area contributed by atoms with E-state index in [0.29, 0.717) is 0 Å². The molecular weight excluding hydrogens is 168 g/mol. The van der Waals surface area contributed by atoms with Crippen LogP contribution in [0, 0.1) is 0 Å². The van der Waals surface area contributed by atoms with Gasteiger partial charge in [-0.3, -0.25) is 4.79 Å². The number of carbonyl (C=O) groups is 2. The topological polar surface area (TPSA) is 78.8 Å². The minimum atomic E-state index is -1.21. The highest BCUT2D eigenvalue weighted by Crippen LogP contribution is 1.96. The van der Waals surface area contributed by atoms with Crippen LogP contribution < -0.4 is 5.32 Å². The number of hydrogen-bond donors (Lipinski definition) is 2. The SMILES string of the molecule is O=C1CC(C(=O)O)=NC(=S)N1. The summed E-state index contributed by atoms with van der Waals surface area (Å²) < 4.78 is 0. The lowest BCUT2D eigenvalue weighted by Gasteiger charge is -2.08. The fourth-order valence-electron chi connectivity index (χ4n) is 0.629. The maximum atomic E-state index is 10.6. The second-order valence-corrected chi connectivity index (χ2v) is 2.28. The molecule has 1 amide bonds. The van der Waals surface area contributed by atoms with Gasteiger partial charge < -0.3 is 10.4 Å². The second-order valence-electron chi connectivity index (χ2n) is 1.89. The molecule has 0 unspecified atom stereocenters. The summed E-state index contributed by atoms with van der Waals surface area (Å²) in [6.07, 6.45) is -0.213. The molecule has 5 nitrogen and oxygen atoms in total. The van der Waals surface area contributed by atoms with Crippen LogP contribution in [0.25, 0.3) is 0 Å². The maximum Gasteiger partial charge on any atom is 0.350 e. The Kier molecular flexibility index (Phi) is 1.95. The molecule has 1 aliphatic heterocycles. The number of aliphatic carboxylic acids is 1. The van der Waals surface area contributed by atoms with Crippen molar-refractivity contribution in [3.63, 3.8) is 0 Å². The molecule has 1 heterocycles.